The third kappa shape index (κ3) is 3.04. The first-order valence-corrected chi connectivity index (χ1v) is 6.36. The molecule has 1 saturated heterocycles. The van der Waals surface area contributed by atoms with Crippen molar-refractivity contribution in [1.29, 1.82) is 0 Å². The summed E-state index contributed by atoms with van der Waals surface area (Å²) < 4.78 is 5.31. The van der Waals surface area contributed by atoms with Crippen LogP contribution < -0.4 is 0 Å². The number of ketones is 1. The molecule has 1 aliphatic heterocycles. The summed E-state index contributed by atoms with van der Waals surface area (Å²) in [4.78, 5) is 12.0. The monoisotopic (exact) mass is 210 g/mol. The summed E-state index contributed by atoms with van der Waals surface area (Å²) in [6.45, 7) is 3.99. The second-order valence-corrected chi connectivity index (χ2v) is 5.34. The molecule has 2 atom stereocenters. The number of ether oxygens (including phenoxy) is 1. The summed E-state index contributed by atoms with van der Waals surface area (Å²) in [7, 11) is 0. The summed E-state index contributed by atoms with van der Waals surface area (Å²) in [6.07, 6.45) is 6.54. The number of carbonyl (C=O) groups excluding carboxylic acids is 1. The third-order valence-corrected chi connectivity index (χ3v) is 3.98. The summed E-state index contributed by atoms with van der Waals surface area (Å²) in [5.74, 6) is 2.31. The van der Waals surface area contributed by atoms with Gasteiger partial charge in [-0.15, -0.1) is 0 Å². The zero-order valence-corrected chi connectivity index (χ0v) is 9.71. The van der Waals surface area contributed by atoms with Crippen LogP contribution in [-0.4, -0.2) is 19.0 Å². The molecule has 0 radical (unpaired) electrons. The van der Waals surface area contributed by atoms with Gasteiger partial charge in [-0.2, -0.15) is 0 Å². The molecule has 15 heavy (non-hydrogen) atoms. The van der Waals surface area contributed by atoms with Crippen LogP contribution in [0.4, 0.5) is 0 Å². The smallest absolute Gasteiger partial charge is 0.136 e. The van der Waals surface area contributed by atoms with Gasteiger partial charge in [0.2, 0.25) is 0 Å². The van der Waals surface area contributed by atoms with Crippen LogP contribution in [0.25, 0.3) is 0 Å². The van der Waals surface area contributed by atoms with Crippen molar-refractivity contribution < 1.29 is 9.53 Å². The highest BCUT2D eigenvalue weighted by Gasteiger charge is 2.29. The molecule has 0 spiro atoms. The Bertz CT molecular complexity index is 219. The van der Waals surface area contributed by atoms with Crippen LogP contribution >= 0.6 is 0 Å². The fourth-order valence-corrected chi connectivity index (χ4v) is 2.90. The van der Waals surface area contributed by atoms with E-state index in [0.717, 1.165) is 51.2 Å². The number of hydrogen-bond donors (Lipinski definition) is 0. The maximum Gasteiger partial charge on any atom is 0.136 e. The molecule has 1 aliphatic carbocycles. The van der Waals surface area contributed by atoms with Crippen molar-refractivity contribution in [3.8, 4) is 0 Å². The molecule has 86 valence electrons. The van der Waals surface area contributed by atoms with Crippen molar-refractivity contribution in [1.82, 2.24) is 0 Å². The molecule has 0 aromatic carbocycles. The van der Waals surface area contributed by atoms with E-state index in [1.54, 1.807) is 0 Å². The SMILES string of the molecule is CC1CCC(C(=O)CC2CCOCC2)C1. The first-order chi connectivity index (χ1) is 7.25. The average Bonchev–Trinajstić information content (AvgIpc) is 2.66. The van der Waals surface area contributed by atoms with Crippen molar-refractivity contribution in [2.24, 2.45) is 17.8 Å². The fourth-order valence-electron chi connectivity index (χ4n) is 2.90. The Morgan fingerprint density at radius 2 is 1.93 bits per heavy atom. The molecule has 0 amide bonds. The zero-order valence-electron chi connectivity index (χ0n) is 9.71. The second kappa shape index (κ2) is 5.11. The minimum atomic E-state index is 0.392. The van der Waals surface area contributed by atoms with Gasteiger partial charge in [-0.3, -0.25) is 4.79 Å². The van der Waals surface area contributed by atoms with E-state index in [-0.39, 0.29) is 0 Å². The molecule has 2 rings (SSSR count). The van der Waals surface area contributed by atoms with E-state index in [2.05, 4.69) is 6.92 Å². The lowest BCUT2D eigenvalue weighted by molar-refractivity contribution is -0.124. The Balaban J connectivity index is 1.76. The summed E-state index contributed by atoms with van der Waals surface area (Å²) in [5, 5.41) is 0. The maximum atomic E-state index is 12.0. The van der Waals surface area contributed by atoms with Gasteiger partial charge < -0.3 is 4.74 Å². The lowest BCUT2D eigenvalue weighted by Gasteiger charge is -2.22. The van der Waals surface area contributed by atoms with Crippen LogP contribution in [0.1, 0.15) is 45.4 Å². The highest BCUT2D eigenvalue weighted by molar-refractivity contribution is 5.81. The van der Waals surface area contributed by atoms with Crippen LogP contribution in [0.15, 0.2) is 0 Å². The molecule has 0 bridgehead atoms. The van der Waals surface area contributed by atoms with E-state index in [4.69, 9.17) is 4.74 Å². The number of carbonyl (C=O) groups is 1. The van der Waals surface area contributed by atoms with E-state index in [9.17, 15) is 4.79 Å². The fraction of sp³-hybridized carbons (Fsp3) is 0.923. The quantitative estimate of drug-likeness (QED) is 0.716. The van der Waals surface area contributed by atoms with Crippen LogP contribution in [0.5, 0.6) is 0 Å². The van der Waals surface area contributed by atoms with Gasteiger partial charge in [0.15, 0.2) is 0 Å². The first-order valence-electron chi connectivity index (χ1n) is 6.36. The Morgan fingerprint density at radius 3 is 2.53 bits per heavy atom. The van der Waals surface area contributed by atoms with Gasteiger partial charge in [-0.05, 0) is 43.9 Å². The Hall–Kier alpha value is -0.370. The van der Waals surface area contributed by atoms with Crippen molar-refractivity contribution in [2.75, 3.05) is 13.2 Å². The number of Topliss-reactive ketones (excluding diaryl/α,β-unsaturated/α-hetero) is 1. The predicted molar refractivity (Wildman–Crippen MR) is 59.7 cm³/mol. The highest BCUT2D eigenvalue weighted by atomic mass is 16.5. The molecule has 0 N–H and O–H groups in total. The van der Waals surface area contributed by atoms with Crippen LogP contribution in [0.3, 0.4) is 0 Å². The zero-order chi connectivity index (χ0) is 10.7. The Morgan fingerprint density at radius 1 is 1.20 bits per heavy atom. The van der Waals surface area contributed by atoms with Gasteiger partial charge in [0.25, 0.3) is 0 Å². The minimum Gasteiger partial charge on any atom is -0.381 e. The largest absolute Gasteiger partial charge is 0.381 e. The van der Waals surface area contributed by atoms with Gasteiger partial charge in [-0.1, -0.05) is 6.92 Å². The standard InChI is InChI=1S/C13H22O2/c1-10-2-3-12(8-10)13(14)9-11-4-6-15-7-5-11/h10-12H,2-9H2,1H3. The molecule has 0 aromatic rings. The lowest BCUT2D eigenvalue weighted by Crippen LogP contribution is -2.21. The number of rotatable bonds is 3. The van der Waals surface area contributed by atoms with E-state index in [1.165, 1.54) is 6.42 Å². The van der Waals surface area contributed by atoms with E-state index < -0.39 is 0 Å². The summed E-state index contributed by atoms with van der Waals surface area (Å²) >= 11 is 0. The van der Waals surface area contributed by atoms with Gasteiger partial charge in [0, 0.05) is 25.6 Å². The van der Waals surface area contributed by atoms with Gasteiger partial charge >= 0.3 is 0 Å². The third-order valence-electron chi connectivity index (χ3n) is 3.98. The minimum absolute atomic E-state index is 0.392. The predicted octanol–water partition coefficient (Wildman–Crippen LogP) is 2.81. The van der Waals surface area contributed by atoms with Crippen LogP contribution in [-0.2, 0) is 9.53 Å². The van der Waals surface area contributed by atoms with Crippen molar-refractivity contribution in [3.63, 3.8) is 0 Å². The topological polar surface area (TPSA) is 26.3 Å². The summed E-state index contributed by atoms with van der Waals surface area (Å²) in [6, 6.07) is 0. The molecular formula is C13H22O2. The molecule has 1 saturated carbocycles. The molecule has 2 heteroatoms. The molecule has 2 aliphatic rings. The molecule has 0 aromatic heterocycles. The van der Waals surface area contributed by atoms with E-state index in [0.29, 0.717) is 17.6 Å². The van der Waals surface area contributed by atoms with Crippen LogP contribution in [0, 0.1) is 17.8 Å². The van der Waals surface area contributed by atoms with E-state index in [1.807, 2.05) is 0 Å². The highest BCUT2D eigenvalue weighted by Crippen LogP contribution is 2.33. The number of hydrogen-bond acceptors (Lipinski definition) is 2. The summed E-state index contributed by atoms with van der Waals surface area (Å²) in [5.41, 5.74) is 0. The van der Waals surface area contributed by atoms with Crippen molar-refractivity contribution in [2.45, 2.75) is 45.4 Å². The maximum absolute atomic E-state index is 12.0. The van der Waals surface area contributed by atoms with Gasteiger partial charge in [0.1, 0.15) is 5.78 Å². The van der Waals surface area contributed by atoms with Crippen molar-refractivity contribution >= 4 is 5.78 Å². The van der Waals surface area contributed by atoms with E-state index >= 15 is 0 Å². The first kappa shape index (κ1) is 11.1. The van der Waals surface area contributed by atoms with Crippen LogP contribution in [0.2, 0.25) is 0 Å². The molecule has 2 nitrogen and oxygen atoms in total. The Labute approximate surface area is 92.4 Å². The molecule has 2 fully saturated rings. The Kier molecular flexibility index (Phi) is 3.79. The molecular weight excluding hydrogens is 188 g/mol. The van der Waals surface area contributed by atoms with Crippen molar-refractivity contribution in [3.05, 3.63) is 0 Å². The second-order valence-electron chi connectivity index (χ2n) is 5.34. The molecule has 2 unspecified atom stereocenters. The lowest BCUT2D eigenvalue weighted by atomic mass is 9.88. The van der Waals surface area contributed by atoms with Gasteiger partial charge in [-0.25, -0.2) is 0 Å². The molecule has 1 heterocycles. The van der Waals surface area contributed by atoms with Gasteiger partial charge in [0.05, 0.1) is 0 Å². The average molecular weight is 210 g/mol. The normalized spacial score (nSPS) is 33.1.